The van der Waals surface area contributed by atoms with E-state index < -0.39 is 0 Å². The van der Waals surface area contributed by atoms with E-state index >= 15 is 0 Å². The van der Waals surface area contributed by atoms with E-state index in [1.165, 1.54) is 12.8 Å². The number of carbonyl (C=O) groups excluding carboxylic acids is 1. The van der Waals surface area contributed by atoms with Gasteiger partial charge in [0.1, 0.15) is 0 Å². The second-order valence-corrected chi connectivity index (χ2v) is 3.45. The van der Waals surface area contributed by atoms with Crippen LogP contribution in [0.2, 0.25) is 0 Å². The van der Waals surface area contributed by atoms with E-state index in [0.717, 1.165) is 19.8 Å². The van der Waals surface area contributed by atoms with E-state index in [9.17, 15) is 4.79 Å². The van der Waals surface area contributed by atoms with Gasteiger partial charge in [0.25, 0.3) is 0 Å². The van der Waals surface area contributed by atoms with Crippen LogP contribution in [0.1, 0.15) is 26.2 Å². The number of unbranched alkanes of at least 4 members (excludes halogenated alkanes) is 1. The summed E-state index contributed by atoms with van der Waals surface area (Å²) in [5.74, 6) is 0.280. The second kappa shape index (κ2) is 4.45. The van der Waals surface area contributed by atoms with Crippen LogP contribution in [-0.4, -0.2) is 42.5 Å². The minimum atomic E-state index is 0.280. The molecule has 0 atom stereocenters. The van der Waals surface area contributed by atoms with Gasteiger partial charge in [-0.15, -0.1) is 0 Å². The molecule has 1 aliphatic rings. The van der Waals surface area contributed by atoms with Crippen LogP contribution in [0, 0.1) is 0 Å². The minimum absolute atomic E-state index is 0.280. The molecule has 0 aromatic carbocycles. The fraction of sp³-hybridized carbons (Fsp3) is 0.889. The van der Waals surface area contributed by atoms with Gasteiger partial charge in [-0.1, -0.05) is 13.3 Å². The topological polar surface area (TPSA) is 23.6 Å². The van der Waals surface area contributed by atoms with Crippen LogP contribution < -0.4 is 0 Å². The van der Waals surface area contributed by atoms with Crippen molar-refractivity contribution in [2.75, 3.05) is 26.8 Å². The molecule has 0 bridgehead atoms. The van der Waals surface area contributed by atoms with Gasteiger partial charge in [0.2, 0.25) is 5.91 Å². The standard InChI is InChI=1S/C9H18N2O/c1-3-4-6-11-7-5-9(12)10(2)8-11/h3-8H2,1-2H3. The highest BCUT2D eigenvalue weighted by molar-refractivity contribution is 5.76. The predicted molar refractivity (Wildman–Crippen MR) is 48.7 cm³/mol. The number of rotatable bonds is 3. The summed E-state index contributed by atoms with van der Waals surface area (Å²) in [5, 5.41) is 0. The average molecular weight is 170 g/mol. The lowest BCUT2D eigenvalue weighted by Gasteiger charge is -2.32. The molecule has 3 nitrogen and oxygen atoms in total. The molecule has 0 radical (unpaired) electrons. The van der Waals surface area contributed by atoms with E-state index in [4.69, 9.17) is 0 Å². The first-order chi connectivity index (χ1) is 5.74. The Hall–Kier alpha value is -0.570. The van der Waals surface area contributed by atoms with Crippen molar-refractivity contribution in [1.29, 1.82) is 0 Å². The smallest absolute Gasteiger partial charge is 0.224 e. The zero-order valence-corrected chi connectivity index (χ0v) is 8.05. The highest BCUT2D eigenvalue weighted by atomic mass is 16.2. The van der Waals surface area contributed by atoms with Crippen molar-refractivity contribution in [2.45, 2.75) is 26.2 Å². The molecule has 0 unspecified atom stereocenters. The van der Waals surface area contributed by atoms with E-state index in [0.29, 0.717) is 6.42 Å². The van der Waals surface area contributed by atoms with Gasteiger partial charge >= 0.3 is 0 Å². The van der Waals surface area contributed by atoms with Crippen molar-refractivity contribution >= 4 is 5.91 Å². The molecule has 1 fully saturated rings. The zero-order chi connectivity index (χ0) is 8.97. The molecule has 0 aromatic heterocycles. The first-order valence-electron chi connectivity index (χ1n) is 4.70. The third kappa shape index (κ3) is 2.48. The van der Waals surface area contributed by atoms with Crippen LogP contribution in [0.3, 0.4) is 0 Å². The normalized spacial score (nSPS) is 20.2. The van der Waals surface area contributed by atoms with E-state index in [1.54, 1.807) is 4.90 Å². The summed E-state index contributed by atoms with van der Waals surface area (Å²) in [4.78, 5) is 15.3. The van der Waals surface area contributed by atoms with Gasteiger partial charge in [-0.25, -0.2) is 0 Å². The van der Waals surface area contributed by atoms with Crippen molar-refractivity contribution in [3.05, 3.63) is 0 Å². The molecule has 1 amide bonds. The second-order valence-electron chi connectivity index (χ2n) is 3.45. The average Bonchev–Trinajstić information content (AvgIpc) is 2.07. The molecule has 0 aromatic rings. The highest BCUT2D eigenvalue weighted by Gasteiger charge is 2.19. The highest BCUT2D eigenvalue weighted by Crippen LogP contribution is 2.06. The van der Waals surface area contributed by atoms with Crippen molar-refractivity contribution in [2.24, 2.45) is 0 Å². The Labute approximate surface area is 74.3 Å². The Bertz CT molecular complexity index is 159. The number of hydrogen-bond donors (Lipinski definition) is 0. The van der Waals surface area contributed by atoms with Crippen LogP contribution in [0.25, 0.3) is 0 Å². The third-order valence-corrected chi connectivity index (χ3v) is 2.31. The molecule has 0 N–H and O–H groups in total. The Morgan fingerprint density at radius 2 is 2.25 bits per heavy atom. The van der Waals surface area contributed by atoms with Gasteiger partial charge < -0.3 is 4.90 Å². The molecular weight excluding hydrogens is 152 g/mol. The van der Waals surface area contributed by atoms with Gasteiger partial charge in [-0.2, -0.15) is 0 Å². The number of hydrogen-bond acceptors (Lipinski definition) is 2. The Balaban J connectivity index is 2.25. The maximum Gasteiger partial charge on any atom is 0.224 e. The van der Waals surface area contributed by atoms with Crippen LogP contribution in [0.4, 0.5) is 0 Å². The van der Waals surface area contributed by atoms with Crippen LogP contribution in [0.15, 0.2) is 0 Å². The lowest BCUT2D eigenvalue weighted by molar-refractivity contribution is -0.135. The minimum Gasteiger partial charge on any atom is -0.333 e. The van der Waals surface area contributed by atoms with Gasteiger partial charge in [0.05, 0.1) is 6.67 Å². The van der Waals surface area contributed by atoms with Crippen molar-refractivity contribution < 1.29 is 4.79 Å². The largest absolute Gasteiger partial charge is 0.333 e. The molecule has 0 aliphatic carbocycles. The monoisotopic (exact) mass is 170 g/mol. The first-order valence-corrected chi connectivity index (χ1v) is 4.70. The van der Waals surface area contributed by atoms with E-state index in [1.807, 2.05) is 7.05 Å². The number of nitrogens with zero attached hydrogens (tertiary/aromatic N) is 2. The first kappa shape index (κ1) is 9.52. The Kier molecular flexibility index (Phi) is 3.53. The third-order valence-electron chi connectivity index (χ3n) is 2.31. The maximum atomic E-state index is 11.1. The molecule has 3 heteroatoms. The summed E-state index contributed by atoms with van der Waals surface area (Å²) in [6.07, 6.45) is 3.16. The molecule has 70 valence electrons. The van der Waals surface area contributed by atoms with Crippen molar-refractivity contribution in [3.63, 3.8) is 0 Å². The summed E-state index contributed by atoms with van der Waals surface area (Å²) < 4.78 is 0. The maximum absolute atomic E-state index is 11.1. The fourth-order valence-electron chi connectivity index (χ4n) is 1.46. The molecule has 12 heavy (non-hydrogen) atoms. The summed E-state index contributed by atoms with van der Waals surface area (Å²) >= 11 is 0. The van der Waals surface area contributed by atoms with E-state index in [2.05, 4.69) is 11.8 Å². The van der Waals surface area contributed by atoms with Gasteiger partial charge in [0.15, 0.2) is 0 Å². The van der Waals surface area contributed by atoms with Crippen molar-refractivity contribution in [3.8, 4) is 0 Å². The van der Waals surface area contributed by atoms with E-state index in [-0.39, 0.29) is 5.91 Å². The molecule has 1 saturated heterocycles. The number of amides is 1. The quantitative estimate of drug-likeness (QED) is 0.628. The number of carbonyl (C=O) groups is 1. The zero-order valence-electron chi connectivity index (χ0n) is 8.05. The molecule has 1 heterocycles. The Morgan fingerprint density at radius 3 is 2.83 bits per heavy atom. The molecule has 1 rings (SSSR count). The molecule has 0 saturated carbocycles. The summed E-state index contributed by atoms with van der Waals surface area (Å²) in [6.45, 7) is 5.09. The predicted octanol–water partition coefficient (Wildman–Crippen LogP) is 0.908. The molecule has 0 spiro atoms. The molecule has 1 aliphatic heterocycles. The molecular formula is C9H18N2O. The SMILES string of the molecule is CCCCN1CCC(=O)N(C)C1. The van der Waals surface area contributed by atoms with Gasteiger partial charge in [-0.3, -0.25) is 9.69 Å². The van der Waals surface area contributed by atoms with Crippen LogP contribution in [0.5, 0.6) is 0 Å². The summed E-state index contributed by atoms with van der Waals surface area (Å²) in [6, 6.07) is 0. The lowest BCUT2D eigenvalue weighted by Crippen LogP contribution is -2.46. The van der Waals surface area contributed by atoms with Gasteiger partial charge in [0, 0.05) is 20.0 Å². The van der Waals surface area contributed by atoms with Crippen LogP contribution >= 0.6 is 0 Å². The van der Waals surface area contributed by atoms with Crippen LogP contribution in [-0.2, 0) is 4.79 Å². The summed E-state index contributed by atoms with van der Waals surface area (Å²) in [7, 11) is 1.88. The Morgan fingerprint density at radius 1 is 1.50 bits per heavy atom. The fourth-order valence-corrected chi connectivity index (χ4v) is 1.46. The summed E-state index contributed by atoms with van der Waals surface area (Å²) in [5.41, 5.74) is 0. The van der Waals surface area contributed by atoms with Gasteiger partial charge in [-0.05, 0) is 13.0 Å². The lowest BCUT2D eigenvalue weighted by atomic mass is 10.2. The van der Waals surface area contributed by atoms with Crippen molar-refractivity contribution in [1.82, 2.24) is 9.80 Å².